The van der Waals surface area contributed by atoms with Crippen LogP contribution in [-0.4, -0.2) is 19.1 Å². The van der Waals surface area contributed by atoms with Crippen LogP contribution in [-0.2, 0) is 11.0 Å². The third-order valence-electron chi connectivity index (χ3n) is 4.79. The third kappa shape index (κ3) is 4.91. The summed E-state index contributed by atoms with van der Waals surface area (Å²) in [5, 5.41) is 5.39. The first-order valence-electron chi connectivity index (χ1n) is 9.70. The summed E-state index contributed by atoms with van der Waals surface area (Å²) in [5.74, 6) is 0.433. The number of benzene rings is 3. The molecule has 0 fully saturated rings. The zero-order valence-electron chi connectivity index (χ0n) is 16.6. The summed E-state index contributed by atoms with van der Waals surface area (Å²) in [4.78, 5) is 13.1. The van der Waals surface area contributed by atoms with Crippen LogP contribution in [0, 0.1) is 0 Å². The molecule has 1 heterocycles. The molecule has 0 saturated heterocycles. The predicted octanol–water partition coefficient (Wildman–Crippen LogP) is 5.92. The molecule has 32 heavy (non-hydrogen) atoms. The molecule has 1 aliphatic rings. The summed E-state index contributed by atoms with van der Waals surface area (Å²) in [5.41, 5.74) is -0.283. The molecule has 0 aliphatic carbocycles. The minimum atomic E-state index is -4.68. The molecular weight excluding hydrogens is 445 g/mol. The van der Waals surface area contributed by atoms with Crippen LogP contribution in [0.2, 0.25) is 5.02 Å². The highest BCUT2D eigenvalue weighted by atomic mass is 35.5. The number of ether oxygens (including phenoxy) is 2. The summed E-state index contributed by atoms with van der Waals surface area (Å²) >= 11 is 5.74. The number of halogens is 4. The molecule has 0 radical (unpaired) electrons. The first-order chi connectivity index (χ1) is 15.3. The number of rotatable bonds is 5. The van der Waals surface area contributed by atoms with Crippen molar-refractivity contribution in [2.45, 2.75) is 12.2 Å². The third-order valence-corrected chi connectivity index (χ3v) is 5.03. The fourth-order valence-electron chi connectivity index (χ4n) is 3.31. The second-order valence-corrected chi connectivity index (χ2v) is 7.46. The van der Waals surface area contributed by atoms with E-state index in [0.717, 1.165) is 12.1 Å². The van der Waals surface area contributed by atoms with Crippen LogP contribution in [0.4, 0.5) is 24.5 Å². The number of hydrogen-bond donors (Lipinski definition) is 2. The van der Waals surface area contributed by atoms with Crippen molar-refractivity contribution in [1.82, 2.24) is 0 Å². The zero-order chi connectivity index (χ0) is 22.7. The molecule has 4 rings (SSSR count). The molecule has 9 heteroatoms. The lowest BCUT2D eigenvalue weighted by Crippen LogP contribution is -2.28. The van der Waals surface area contributed by atoms with Crippen LogP contribution in [0.25, 0.3) is 0 Å². The number of amides is 1. The van der Waals surface area contributed by atoms with E-state index in [9.17, 15) is 18.0 Å². The summed E-state index contributed by atoms with van der Waals surface area (Å²) in [7, 11) is 0. The van der Waals surface area contributed by atoms with Gasteiger partial charge in [-0.15, -0.1) is 0 Å². The standard InChI is InChI=1S/C23H18ClF3N2O3/c24-15-6-8-18(17(12-15)23(25,26)27)29-22(30)21(14-4-2-1-3-5-14)28-16-7-9-19-20(13-16)32-11-10-31-19/h1-9,12-13,21,28H,10-11H2,(H,29,30). The molecule has 1 aliphatic heterocycles. The first-order valence-corrected chi connectivity index (χ1v) is 10.1. The van der Waals surface area contributed by atoms with Gasteiger partial charge in [0.25, 0.3) is 5.91 Å². The van der Waals surface area contributed by atoms with Crippen molar-refractivity contribution < 1.29 is 27.4 Å². The molecule has 2 N–H and O–H groups in total. The summed E-state index contributed by atoms with van der Waals surface area (Å²) in [6, 6.07) is 16.0. The van der Waals surface area contributed by atoms with E-state index in [-0.39, 0.29) is 10.7 Å². The van der Waals surface area contributed by atoms with Gasteiger partial charge in [0, 0.05) is 16.8 Å². The normalized spacial score (nSPS) is 13.9. The minimum Gasteiger partial charge on any atom is -0.486 e. The lowest BCUT2D eigenvalue weighted by atomic mass is 10.0. The number of hydrogen-bond acceptors (Lipinski definition) is 4. The quantitative estimate of drug-likeness (QED) is 0.494. The second kappa shape index (κ2) is 9.00. The van der Waals surface area contributed by atoms with Gasteiger partial charge in [0.1, 0.15) is 19.3 Å². The molecule has 1 atom stereocenters. The van der Waals surface area contributed by atoms with Crippen molar-refractivity contribution in [3.8, 4) is 11.5 Å². The van der Waals surface area contributed by atoms with E-state index >= 15 is 0 Å². The van der Waals surface area contributed by atoms with E-state index in [1.807, 2.05) is 0 Å². The Morgan fingerprint density at radius 1 is 0.938 bits per heavy atom. The van der Waals surface area contributed by atoms with E-state index in [1.165, 1.54) is 6.07 Å². The Morgan fingerprint density at radius 3 is 2.38 bits per heavy atom. The van der Waals surface area contributed by atoms with Crippen molar-refractivity contribution in [2.75, 3.05) is 23.8 Å². The van der Waals surface area contributed by atoms with Gasteiger partial charge in [-0.2, -0.15) is 13.2 Å². The van der Waals surface area contributed by atoms with E-state index in [0.29, 0.717) is 36.0 Å². The Morgan fingerprint density at radius 2 is 1.66 bits per heavy atom. The van der Waals surface area contributed by atoms with Crippen LogP contribution in [0.5, 0.6) is 11.5 Å². The van der Waals surface area contributed by atoms with Gasteiger partial charge in [-0.25, -0.2) is 0 Å². The van der Waals surface area contributed by atoms with Gasteiger partial charge in [0.05, 0.1) is 11.3 Å². The Labute approximate surface area is 187 Å². The molecule has 0 spiro atoms. The molecule has 1 unspecified atom stereocenters. The summed E-state index contributed by atoms with van der Waals surface area (Å²) in [6.07, 6.45) is -4.68. The van der Waals surface area contributed by atoms with Crippen molar-refractivity contribution >= 4 is 28.9 Å². The average Bonchev–Trinajstić information content (AvgIpc) is 2.78. The Kier molecular flexibility index (Phi) is 6.14. The minimum absolute atomic E-state index is 0.0793. The lowest BCUT2D eigenvalue weighted by Gasteiger charge is -2.23. The molecule has 3 aromatic rings. The molecule has 3 aromatic carbocycles. The maximum absolute atomic E-state index is 13.5. The number of alkyl halides is 3. The summed E-state index contributed by atoms with van der Waals surface area (Å²) in [6.45, 7) is 0.841. The molecule has 5 nitrogen and oxygen atoms in total. The zero-order valence-corrected chi connectivity index (χ0v) is 17.3. The van der Waals surface area contributed by atoms with Crippen LogP contribution in [0.15, 0.2) is 66.7 Å². The second-order valence-electron chi connectivity index (χ2n) is 7.02. The van der Waals surface area contributed by atoms with Crippen molar-refractivity contribution in [3.05, 3.63) is 82.9 Å². The van der Waals surface area contributed by atoms with Gasteiger partial charge < -0.3 is 20.1 Å². The molecule has 0 saturated carbocycles. The van der Waals surface area contributed by atoms with E-state index in [2.05, 4.69) is 10.6 Å². The van der Waals surface area contributed by atoms with Crippen LogP contribution in [0.1, 0.15) is 17.2 Å². The van der Waals surface area contributed by atoms with Crippen molar-refractivity contribution in [2.24, 2.45) is 0 Å². The van der Waals surface area contributed by atoms with Crippen molar-refractivity contribution in [3.63, 3.8) is 0 Å². The van der Waals surface area contributed by atoms with Gasteiger partial charge in [-0.1, -0.05) is 41.9 Å². The average molecular weight is 463 g/mol. The van der Waals surface area contributed by atoms with Crippen LogP contribution in [0.3, 0.4) is 0 Å². The maximum atomic E-state index is 13.5. The fraction of sp³-hybridized carbons (Fsp3) is 0.174. The van der Waals surface area contributed by atoms with E-state index in [4.69, 9.17) is 21.1 Å². The van der Waals surface area contributed by atoms with Crippen molar-refractivity contribution in [1.29, 1.82) is 0 Å². The van der Waals surface area contributed by atoms with E-state index in [1.54, 1.807) is 48.5 Å². The van der Waals surface area contributed by atoms with Gasteiger partial charge in [-0.3, -0.25) is 4.79 Å². The highest BCUT2D eigenvalue weighted by molar-refractivity contribution is 6.30. The largest absolute Gasteiger partial charge is 0.486 e. The van der Waals surface area contributed by atoms with E-state index < -0.39 is 23.7 Å². The molecular formula is C23H18ClF3N2O3. The topological polar surface area (TPSA) is 59.6 Å². The Hall–Kier alpha value is -3.39. The Bertz CT molecular complexity index is 1120. The number of nitrogens with one attached hydrogen (secondary N) is 2. The molecule has 0 bridgehead atoms. The van der Waals surface area contributed by atoms with Gasteiger partial charge in [0.2, 0.25) is 0 Å². The number of carbonyl (C=O) groups excluding carboxylic acids is 1. The lowest BCUT2D eigenvalue weighted by molar-refractivity contribution is -0.137. The first kappa shape index (κ1) is 21.8. The molecule has 0 aromatic heterocycles. The summed E-state index contributed by atoms with van der Waals surface area (Å²) < 4.78 is 51.4. The SMILES string of the molecule is O=C(Nc1ccc(Cl)cc1C(F)(F)F)C(Nc1ccc2c(c1)OCCO2)c1ccccc1. The Balaban J connectivity index is 1.64. The fourth-order valence-corrected chi connectivity index (χ4v) is 3.48. The van der Waals surface area contributed by atoms with Gasteiger partial charge >= 0.3 is 6.18 Å². The predicted molar refractivity (Wildman–Crippen MR) is 115 cm³/mol. The molecule has 166 valence electrons. The smallest absolute Gasteiger partial charge is 0.418 e. The number of fused-ring (bicyclic) bond motifs is 1. The van der Waals surface area contributed by atoms with Crippen LogP contribution < -0.4 is 20.1 Å². The maximum Gasteiger partial charge on any atom is 0.418 e. The number of carbonyl (C=O) groups is 1. The number of anilines is 2. The highest BCUT2D eigenvalue weighted by Crippen LogP contribution is 2.37. The van der Waals surface area contributed by atoms with Gasteiger partial charge in [-0.05, 0) is 35.9 Å². The highest BCUT2D eigenvalue weighted by Gasteiger charge is 2.35. The van der Waals surface area contributed by atoms with Crippen LogP contribution >= 0.6 is 11.6 Å². The van der Waals surface area contributed by atoms with Gasteiger partial charge in [0.15, 0.2) is 11.5 Å². The monoisotopic (exact) mass is 462 g/mol. The molecule has 1 amide bonds.